The maximum Gasteiger partial charge on any atom is 0.254 e. The molecule has 1 fully saturated rings. The number of nitrogens with one attached hydrogen (secondary N) is 1. The minimum Gasteiger partial charge on any atom is -0.376 e. The first-order valence-electron chi connectivity index (χ1n) is 8.31. The molecule has 2 atom stereocenters. The fraction of sp³-hybridized carbons (Fsp3) is 0.688. The zero-order chi connectivity index (χ0) is 16.2. The monoisotopic (exact) mass is 337 g/mol. The minimum absolute atomic E-state index is 0.0246. The molecule has 0 bridgehead atoms. The predicted octanol–water partition coefficient (Wildman–Crippen LogP) is 1.53. The van der Waals surface area contributed by atoms with Crippen LogP contribution in [-0.2, 0) is 16.0 Å². The van der Waals surface area contributed by atoms with E-state index in [0.29, 0.717) is 13.0 Å². The SMILES string of the molecule is CCCc1cc(=O)n2c(n1)SCC2CC(=O)NCC1CCCO1. The molecule has 23 heavy (non-hydrogen) atoms. The van der Waals surface area contributed by atoms with Crippen LogP contribution in [0.25, 0.3) is 0 Å². The molecule has 0 aromatic carbocycles. The first-order chi connectivity index (χ1) is 11.2. The molecule has 0 saturated carbocycles. The maximum absolute atomic E-state index is 12.3. The number of fused-ring (bicyclic) bond motifs is 1. The summed E-state index contributed by atoms with van der Waals surface area (Å²) in [5, 5.41) is 3.67. The van der Waals surface area contributed by atoms with Crippen molar-refractivity contribution >= 4 is 17.7 Å². The van der Waals surface area contributed by atoms with Crippen molar-refractivity contribution in [3.63, 3.8) is 0 Å². The molecule has 0 radical (unpaired) electrons. The van der Waals surface area contributed by atoms with Gasteiger partial charge in [0.05, 0.1) is 12.1 Å². The Labute approximate surface area is 140 Å². The molecule has 2 aliphatic rings. The van der Waals surface area contributed by atoms with Crippen LogP contribution in [-0.4, -0.2) is 40.5 Å². The van der Waals surface area contributed by atoms with E-state index in [1.165, 1.54) is 0 Å². The van der Waals surface area contributed by atoms with Gasteiger partial charge in [-0.05, 0) is 19.3 Å². The Balaban J connectivity index is 1.60. The number of ether oxygens (including phenoxy) is 1. The van der Waals surface area contributed by atoms with E-state index >= 15 is 0 Å². The molecule has 6 nitrogen and oxygen atoms in total. The van der Waals surface area contributed by atoms with Crippen LogP contribution in [0.5, 0.6) is 0 Å². The second kappa shape index (κ2) is 7.49. The Bertz CT molecular complexity index is 625. The lowest BCUT2D eigenvalue weighted by molar-refractivity contribution is -0.122. The summed E-state index contributed by atoms with van der Waals surface area (Å²) >= 11 is 1.56. The summed E-state index contributed by atoms with van der Waals surface area (Å²) in [7, 11) is 0. The van der Waals surface area contributed by atoms with Crippen molar-refractivity contribution in [3.8, 4) is 0 Å². The molecule has 3 rings (SSSR count). The van der Waals surface area contributed by atoms with Crippen LogP contribution in [0.4, 0.5) is 0 Å². The number of hydrogen-bond acceptors (Lipinski definition) is 5. The van der Waals surface area contributed by atoms with Crippen molar-refractivity contribution in [1.29, 1.82) is 0 Å². The quantitative estimate of drug-likeness (QED) is 0.797. The molecular weight excluding hydrogens is 314 g/mol. The second-order valence-corrected chi connectivity index (χ2v) is 7.08. The smallest absolute Gasteiger partial charge is 0.254 e. The van der Waals surface area contributed by atoms with Gasteiger partial charge in [0.25, 0.3) is 5.56 Å². The predicted molar refractivity (Wildman–Crippen MR) is 88.9 cm³/mol. The molecule has 1 aromatic rings. The summed E-state index contributed by atoms with van der Waals surface area (Å²) < 4.78 is 7.18. The fourth-order valence-corrected chi connectivity index (χ4v) is 4.22. The summed E-state index contributed by atoms with van der Waals surface area (Å²) in [4.78, 5) is 29.0. The third-order valence-electron chi connectivity index (χ3n) is 4.22. The van der Waals surface area contributed by atoms with Gasteiger partial charge in [-0.25, -0.2) is 4.98 Å². The van der Waals surface area contributed by atoms with Gasteiger partial charge in [0.2, 0.25) is 5.91 Å². The standard InChI is InChI=1S/C16H23N3O3S/c1-2-4-11-7-15(21)19-12(10-23-16(19)18-11)8-14(20)17-9-13-5-3-6-22-13/h7,12-13H,2-6,8-10H2,1H3,(H,17,20). The molecular formula is C16H23N3O3S. The van der Waals surface area contributed by atoms with Gasteiger partial charge in [0.1, 0.15) is 0 Å². The molecule has 2 aliphatic heterocycles. The van der Waals surface area contributed by atoms with Crippen LogP contribution in [0.2, 0.25) is 0 Å². The Morgan fingerprint density at radius 3 is 3.17 bits per heavy atom. The zero-order valence-electron chi connectivity index (χ0n) is 13.4. The number of aromatic nitrogens is 2. The molecule has 1 amide bonds. The summed E-state index contributed by atoms with van der Waals surface area (Å²) in [5.41, 5.74) is 0.806. The lowest BCUT2D eigenvalue weighted by atomic mass is 10.2. The summed E-state index contributed by atoms with van der Waals surface area (Å²) in [6.07, 6.45) is 4.32. The van der Waals surface area contributed by atoms with Crippen molar-refractivity contribution in [1.82, 2.24) is 14.9 Å². The van der Waals surface area contributed by atoms with Crippen LogP contribution < -0.4 is 10.9 Å². The van der Waals surface area contributed by atoms with Crippen LogP contribution in [0.1, 0.15) is 44.3 Å². The number of nitrogens with zero attached hydrogens (tertiary/aromatic N) is 2. The summed E-state index contributed by atoms with van der Waals surface area (Å²) in [5.74, 6) is 0.703. The molecule has 0 aliphatic carbocycles. The van der Waals surface area contributed by atoms with Gasteiger partial charge in [-0.1, -0.05) is 25.1 Å². The second-order valence-electron chi connectivity index (χ2n) is 6.10. The largest absolute Gasteiger partial charge is 0.376 e. The van der Waals surface area contributed by atoms with Crippen molar-refractivity contribution in [2.75, 3.05) is 18.9 Å². The highest BCUT2D eigenvalue weighted by atomic mass is 32.2. The molecule has 3 heterocycles. The van der Waals surface area contributed by atoms with Crippen molar-refractivity contribution in [3.05, 3.63) is 22.1 Å². The van der Waals surface area contributed by atoms with Gasteiger partial charge in [-0.3, -0.25) is 14.2 Å². The number of carbonyl (C=O) groups excluding carboxylic acids is 1. The Morgan fingerprint density at radius 1 is 1.57 bits per heavy atom. The summed E-state index contributed by atoms with van der Waals surface area (Å²) in [6, 6.07) is 1.51. The molecule has 1 aromatic heterocycles. The highest BCUT2D eigenvalue weighted by Crippen LogP contribution is 2.32. The van der Waals surface area contributed by atoms with Crippen molar-refractivity contribution in [2.24, 2.45) is 0 Å². The van der Waals surface area contributed by atoms with E-state index < -0.39 is 0 Å². The first kappa shape index (κ1) is 16.5. The van der Waals surface area contributed by atoms with Gasteiger partial charge in [0.15, 0.2) is 5.16 Å². The average Bonchev–Trinajstić information content (AvgIpc) is 3.16. The fourth-order valence-electron chi connectivity index (χ4n) is 3.05. The third-order valence-corrected chi connectivity index (χ3v) is 5.32. The van der Waals surface area contributed by atoms with Crippen LogP contribution in [0.15, 0.2) is 16.0 Å². The number of carbonyl (C=O) groups is 1. The Hall–Kier alpha value is -1.34. The number of rotatable bonds is 6. The normalized spacial score (nSPS) is 23.0. The molecule has 0 spiro atoms. The van der Waals surface area contributed by atoms with Crippen LogP contribution >= 0.6 is 11.8 Å². The van der Waals surface area contributed by atoms with Gasteiger partial charge >= 0.3 is 0 Å². The molecule has 1 N–H and O–H groups in total. The van der Waals surface area contributed by atoms with E-state index in [1.807, 2.05) is 0 Å². The third kappa shape index (κ3) is 3.95. The average molecular weight is 337 g/mol. The van der Waals surface area contributed by atoms with E-state index in [1.54, 1.807) is 22.4 Å². The highest BCUT2D eigenvalue weighted by Gasteiger charge is 2.28. The molecule has 1 saturated heterocycles. The van der Waals surface area contributed by atoms with Gasteiger partial charge in [-0.2, -0.15) is 0 Å². The maximum atomic E-state index is 12.3. The number of aryl methyl sites for hydroxylation is 1. The molecule has 7 heteroatoms. The lowest BCUT2D eigenvalue weighted by Gasteiger charge is -2.15. The minimum atomic E-state index is -0.102. The van der Waals surface area contributed by atoms with Gasteiger partial charge in [0, 0.05) is 37.1 Å². The molecule has 2 unspecified atom stereocenters. The topological polar surface area (TPSA) is 73.2 Å². The summed E-state index contributed by atoms with van der Waals surface area (Å²) in [6.45, 7) is 3.42. The van der Waals surface area contributed by atoms with E-state index in [4.69, 9.17) is 4.74 Å². The van der Waals surface area contributed by atoms with E-state index in [0.717, 1.165) is 48.9 Å². The van der Waals surface area contributed by atoms with Crippen molar-refractivity contribution < 1.29 is 9.53 Å². The number of amides is 1. The van der Waals surface area contributed by atoms with Gasteiger partial charge < -0.3 is 10.1 Å². The highest BCUT2D eigenvalue weighted by molar-refractivity contribution is 7.99. The number of thioether (sulfide) groups is 1. The Morgan fingerprint density at radius 2 is 2.43 bits per heavy atom. The molecule has 126 valence electrons. The van der Waals surface area contributed by atoms with E-state index in [-0.39, 0.29) is 23.6 Å². The van der Waals surface area contributed by atoms with E-state index in [2.05, 4.69) is 17.2 Å². The van der Waals surface area contributed by atoms with E-state index in [9.17, 15) is 9.59 Å². The lowest BCUT2D eigenvalue weighted by Crippen LogP contribution is -2.34. The van der Waals surface area contributed by atoms with Crippen molar-refractivity contribution in [2.45, 2.75) is 56.3 Å². The van der Waals surface area contributed by atoms with Crippen LogP contribution in [0.3, 0.4) is 0 Å². The van der Waals surface area contributed by atoms with Gasteiger partial charge in [-0.15, -0.1) is 0 Å². The first-order valence-corrected chi connectivity index (χ1v) is 9.29. The van der Waals surface area contributed by atoms with Crippen LogP contribution in [0, 0.1) is 0 Å². The Kier molecular flexibility index (Phi) is 5.38. The zero-order valence-corrected chi connectivity index (χ0v) is 14.2. The number of hydrogen-bond donors (Lipinski definition) is 1.